The number of carbonyl (C=O) groups is 1. The predicted molar refractivity (Wildman–Crippen MR) is 71.5 cm³/mol. The quantitative estimate of drug-likeness (QED) is 0.436. The molecule has 2 rings (SSSR count). The number of alkyl halides is 1. The first kappa shape index (κ1) is 15.3. The van der Waals surface area contributed by atoms with Gasteiger partial charge in [0.2, 0.25) is 0 Å². The Hall–Kier alpha value is -0.770. The van der Waals surface area contributed by atoms with Crippen LogP contribution in [0.3, 0.4) is 0 Å². The maximum atomic E-state index is 10.4. The number of hydrogen-bond donors (Lipinski definition) is 2. The van der Waals surface area contributed by atoms with E-state index in [2.05, 4.69) is 5.16 Å². The fourth-order valence-electron chi connectivity index (χ4n) is 2.42. The Morgan fingerprint density at radius 1 is 1.11 bits per heavy atom. The first-order valence-electron chi connectivity index (χ1n) is 6.73. The van der Waals surface area contributed by atoms with Crippen LogP contribution in [0, 0.1) is 5.92 Å². The fourth-order valence-corrected chi connectivity index (χ4v) is 2.72. The molecule has 1 atom stereocenters. The molecule has 4 nitrogen and oxygen atoms in total. The van der Waals surface area contributed by atoms with Gasteiger partial charge in [0.05, 0.1) is 17.0 Å². The number of hydrogen-bond acceptors (Lipinski definition) is 3. The van der Waals surface area contributed by atoms with E-state index in [1.165, 1.54) is 6.42 Å². The van der Waals surface area contributed by atoms with Crippen molar-refractivity contribution < 1.29 is 15.1 Å². The summed E-state index contributed by atoms with van der Waals surface area (Å²) in [4.78, 5) is 10.4. The van der Waals surface area contributed by atoms with Crippen LogP contribution in [0.5, 0.6) is 0 Å². The van der Waals surface area contributed by atoms with Crippen molar-refractivity contribution in [2.24, 2.45) is 11.1 Å². The highest BCUT2D eigenvalue weighted by Crippen LogP contribution is 2.23. The number of carboxylic acids is 1. The average Bonchev–Trinajstić information content (AvgIpc) is 2.41. The number of carboxylic acid groups (broad SMARTS) is 1. The third-order valence-corrected chi connectivity index (χ3v) is 4.06. The van der Waals surface area contributed by atoms with Crippen molar-refractivity contribution in [2.45, 2.75) is 63.2 Å². The van der Waals surface area contributed by atoms with Gasteiger partial charge >= 0.3 is 5.97 Å². The first-order valence-corrected chi connectivity index (χ1v) is 7.16. The molecule has 1 unspecified atom stereocenters. The van der Waals surface area contributed by atoms with E-state index in [1.54, 1.807) is 0 Å². The van der Waals surface area contributed by atoms with Crippen LogP contribution in [-0.4, -0.2) is 27.4 Å². The van der Waals surface area contributed by atoms with Crippen molar-refractivity contribution in [3.63, 3.8) is 0 Å². The first-order chi connectivity index (χ1) is 8.65. The molecule has 0 spiro atoms. The summed E-state index contributed by atoms with van der Waals surface area (Å²) in [5.41, 5.74) is 0.753. The van der Waals surface area contributed by atoms with E-state index in [0.717, 1.165) is 57.1 Å². The van der Waals surface area contributed by atoms with E-state index in [0.29, 0.717) is 0 Å². The van der Waals surface area contributed by atoms with Gasteiger partial charge < -0.3 is 10.3 Å². The second kappa shape index (κ2) is 8.35. The van der Waals surface area contributed by atoms with E-state index < -0.39 is 5.97 Å². The molecule has 2 aliphatic carbocycles. The summed E-state index contributed by atoms with van der Waals surface area (Å²) >= 11 is 5.79. The third kappa shape index (κ3) is 5.25. The highest BCUT2D eigenvalue weighted by Gasteiger charge is 2.19. The zero-order valence-corrected chi connectivity index (χ0v) is 11.4. The lowest BCUT2D eigenvalue weighted by molar-refractivity contribution is -0.142. The van der Waals surface area contributed by atoms with Gasteiger partial charge in [-0.1, -0.05) is 30.8 Å². The number of rotatable bonds is 1. The van der Waals surface area contributed by atoms with Crippen molar-refractivity contribution >= 4 is 23.3 Å². The molecule has 5 heteroatoms. The van der Waals surface area contributed by atoms with Gasteiger partial charge in [-0.25, -0.2) is 0 Å². The van der Waals surface area contributed by atoms with Gasteiger partial charge in [0, 0.05) is 0 Å². The molecular formula is C13H22ClNO3. The molecule has 104 valence electrons. The molecule has 18 heavy (non-hydrogen) atoms. The van der Waals surface area contributed by atoms with E-state index in [4.69, 9.17) is 21.9 Å². The van der Waals surface area contributed by atoms with Crippen molar-refractivity contribution in [3.05, 3.63) is 0 Å². The van der Waals surface area contributed by atoms with Crippen LogP contribution < -0.4 is 0 Å². The minimum absolute atomic E-state index is 0.0104. The maximum Gasteiger partial charge on any atom is 0.306 e. The van der Waals surface area contributed by atoms with Crippen LogP contribution in [-0.2, 0) is 4.79 Å². The Morgan fingerprint density at radius 3 is 2.11 bits per heavy atom. The maximum absolute atomic E-state index is 10.4. The largest absolute Gasteiger partial charge is 0.481 e. The molecule has 2 aliphatic rings. The average molecular weight is 276 g/mol. The highest BCUT2D eigenvalue weighted by atomic mass is 35.5. The van der Waals surface area contributed by atoms with Crippen LogP contribution in [0.1, 0.15) is 57.8 Å². The fraction of sp³-hybridized carbons (Fsp3) is 0.846. The normalized spacial score (nSPS) is 27.4. The molecular weight excluding hydrogens is 254 g/mol. The van der Waals surface area contributed by atoms with Crippen LogP contribution >= 0.6 is 11.6 Å². The minimum atomic E-state index is -0.602. The molecule has 2 fully saturated rings. The number of nitrogens with zero attached hydrogens (tertiary/aromatic N) is 1. The van der Waals surface area contributed by atoms with E-state index in [9.17, 15) is 4.79 Å². The van der Waals surface area contributed by atoms with Gasteiger partial charge in [-0.3, -0.25) is 4.79 Å². The van der Waals surface area contributed by atoms with E-state index in [-0.39, 0.29) is 11.3 Å². The van der Waals surface area contributed by atoms with Crippen molar-refractivity contribution in [2.75, 3.05) is 0 Å². The van der Waals surface area contributed by atoms with Gasteiger partial charge in [-0.05, 0) is 32.1 Å². The van der Waals surface area contributed by atoms with Crippen molar-refractivity contribution in [1.29, 1.82) is 0 Å². The SMILES string of the molecule is O=C(O)C1CCCCC1.ON=C1CCCCC1Cl. The lowest BCUT2D eigenvalue weighted by atomic mass is 9.90. The standard InChI is InChI=1S/C7H12O2.C6H10ClNO/c8-7(9)6-4-2-1-3-5-6;7-5-3-1-2-4-6(5)8-9/h6H,1-5H2,(H,8,9);5,9H,1-4H2. The van der Waals surface area contributed by atoms with Crippen LogP contribution in [0.25, 0.3) is 0 Å². The molecule has 0 aromatic rings. The molecule has 0 aliphatic heterocycles. The van der Waals surface area contributed by atoms with E-state index >= 15 is 0 Å². The molecule has 0 amide bonds. The third-order valence-electron chi connectivity index (χ3n) is 3.58. The van der Waals surface area contributed by atoms with Gasteiger partial charge in [0.25, 0.3) is 0 Å². The van der Waals surface area contributed by atoms with Gasteiger partial charge in [-0.2, -0.15) is 0 Å². The van der Waals surface area contributed by atoms with Crippen LogP contribution in [0.4, 0.5) is 0 Å². The molecule has 0 saturated heterocycles. The van der Waals surface area contributed by atoms with Crippen LogP contribution in [0.15, 0.2) is 5.16 Å². The van der Waals surface area contributed by atoms with Gasteiger partial charge in [0.15, 0.2) is 0 Å². The Bertz CT molecular complexity index is 288. The Labute approximate surface area is 113 Å². The molecule has 2 saturated carbocycles. The summed E-state index contributed by atoms with van der Waals surface area (Å²) in [5.74, 6) is -0.631. The van der Waals surface area contributed by atoms with Crippen LogP contribution in [0.2, 0.25) is 0 Å². The summed E-state index contributed by atoms with van der Waals surface area (Å²) in [6.07, 6.45) is 9.34. The highest BCUT2D eigenvalue weighted by molar-refractivity contribution is 6.32. The van der Waals surface area contributed by atoms with Gasteiger partial charge in [0.1, 0.15) is 0 Å². The van der Waals surface area contributed by atoms with Crippen molar-refractivity contribution in [3.8, 4) is 0 Å². The summed E-state index contributed by atoms with van der Waals surface area (Å²) in [5, 5.41) is 20.0. The molecule has 0 aromatic heterocycles. The van der Waals surface area contributed by atoms with Gasteiger partial charge in [-0.15, -0.1) is 11.6 Å². The number of oxime groups is 1. The topological polar surface area (TPSA) is 69.9 Å². The zero-order valence-electron chi connectivity index (χ0n) is 10.6. The summed E-state index contributed by atoms with van der Waals surface area (Å²) < 4.78 is 0. The second-order valence-electron chi connectivity index (χ2n) is 4.98. The number of aliphatic carboxylic acids is 1. The summed E-state index contributed by atoms with van der Waals surface area (Å²) in [6.45, 7) is 0. The molecule has 0 bridgehead atoms. The molecule has 0 radical (unpaired) electrons. The molecule has 0 heterocycles. The molecule has 0 aromatic carbocycles. The smallest absolute Gasteiger partial charge is 0.306 e. The van der Waals surface area contributed by atoms with Crippen molar-refractivity contribution in [1.82, 2.24) is 0 Å². The Morgan fingerprint density at radius 2 is 1.72 bits per heavy atom. The van der Waals surface area contributed by atoms with E-state index in [1.807, 2.05) is 0 Å². The minimum Gasteiger partial charge on any atom is -0.481 e. The number of halogens is 1. The Kier molecular flexibility index (Phi) is 7.09. The zero-order chi connectivity index (χ0) is 13.4. The second-order valence-corrected chi connectivity index (χ2v) is 5.50. The summed E-state index contributed by atoms with van der Waals surface area (Å²) in [6, 6.07) is 0. The Balaban J connectivity index is 0.000000180. The summed E-state index contributed by atoms with van der Waals surface area (Å²) in [7, 11) is 0. The molecule has 2 N–H and O–H groups in total. The predicted octanol–water partition coefficient (Wildman–Crippen LogP) is 3.65. The monoisotopic (exact) mass is 275 g/mol. The lowest BCUT2D eigenvalue weighted by Gasteiger charge is -2.16. The lowest BCUT2D eigenvalue weighted by Crippen LogP contribution is -2.18.